The van der Waals surface area contributed by atoms with Crippen molar-refractivity contribution in [2.45, 2.75) is 24.5 Å². The summed E-state index contributed by atoms with van der Waals surface area (Å²) in [5.41, 5.74) is 1.42. The van der Waals surface area contributed by atoms with Crippen LogP contribution in [0.1, 0.15) is 22.3 Å². The number of amides is 2. The SMILES string of the molecule is O=C1CCSc2ccc(C(=O)NCc3ccccc3OC(F)F)cc2N1. The van der Waals surface area contributed by atoms with E-state index in [1.807, 2.05) is 0 Å². The number of ether oxygens (including phenoxy) is 1. The number of halogens is 2. The Balaban J connectivity index is 1.70. The van der Waals surface area contributed by atoms with E-state index in [2.05, 4.69) is 15.4 Å². The number of carbonyl (C=O) groups is 2. The van der Waals surface area contributed by atoms with Gasteiger partial charge in [-0.1, -0.05) is 18.2 Å². The van der Waals surface area contributed by atoms with Gasteiger partial charge in [-0.3, -0.25) is 9.59 Å². The molecule has 1 aliphatic heterocycles. The van der Waals surface area contributed by atoms with Gasteiger partial charge in [0.2, 0.25) is 5.91 Å². The van der Waals surface area contributed by atoms with Crippen LogP contribution >= 0.6 is 11.8 Å². The fraction of sp³-hybridized carbons (Fsp3) is 0.222. The second kappa shape index (κ2) is 8.18. The van der Waals surface area contributed by atoms with Crippen LogP contribution in [0.4, 0.5) is 14.5 Å². The van der Waals surface area contributed by atoms with Gasteiger partial charge in [0.05, 0.1) is 5.69 Å². The Bertz CT molecular complexity index is 830. The average molecular weight is 378 g/mol. The first-order valence-corrected chi connectivity index (χ1v) is 8.89. The van der Waals surface area contributed by atoms with Crippen LogP contribution in [0.2, 0.25) is 0 Å². The van der Waals surface area contributed by atoms with Crippen molar-refractivity contribution in [1.82, 2.24) is 5.32 Å². The molecule has 0 fully saturated rings. The summed E-state index contributed by atoms with van der Waals surface area (Å²) in [6.07, 6.45) is 0.418. The van der Waals surface area contributed by atoms with Crippen LogP contribution in [0.5, 0.6) is 5.75 Å². The van der Waals surface area contributed by atoms with Gasteiger partial charge in [-0.05, 0) is 24.3 Å². The van der Waals surface area contributed by atoms with Crippen LogP contribution in [0, 0.1) is 0 Å². The van der Waals surface area contributed by atoms with Crippen molar-refractivity contribution in [1.29, 1.82) is 0 Å². The third-order valence-electron chi connectivity index (χ3n) is 3.73. The van der Waals surface area contributed by atoms with Crippen molar-refractivity contribution in [2.75, 3.05) is 11.1 Å². The second-order valence-corrected chi connectivity index (χ2v) is 6.66. The van der Waals surface area contributed by atoms with E-state index < -0.39 is 6.61 Å². The molecule has 0 saturated carbocycles. The lowest BCUT2D eigenvalue weighted by Crippen LogP contribution is -2.23. The molecule has 2 aromatic rings. The van der Waals surface area contributed by atoms with Crippen molar-refractivity contribution in [2.24, 2.45) is 0 Å². The maximum atomic E-state index is 12.4. The van der Waals surface area contributed by atoms with E-state index >= 15 is 0 Å². The van der Waals surface area contributed by atoms with E-state index in [4.69, 9.17) is 0 Å². The summed E-state index contributed by atoms with van der Waals surface area (Å²) in [6, 6.07) is 11.3. The molecule has 3 rings (SSSR count). The van der Waals surface area contributed by atoms with Crippen LogP contribution in [0.15, 0.2) is 47.4 Å². The third kappa shape index (κ3) is 4.51. The average Bonchev–Trinajstić information content (AvgIpc) is 2.80. The van der Waals surface area contributed by atoms with Crippen molar-refractivity contribution in [3.8, 4) is 5.75 Å². The Hall–Kier alpha value is -2.61. The fourth-order valence-corrected chi connectivity index (χ4v) is 3.44. The lowest BCUT2D eigenvalue weighted by Gasteiger charge is -2.12. The lowest BCUT2D eigenvalue weighted by molar-refractivity contribution is -0.115. The van der Waals surface area contributed by atoms with Gasteiger partial charge in [0.25, 0.3) is 5.91 Å². The number of hydrogen-bond donors (Lipinski definition) is 2. The minimum absolute atomic E-state index is 0.0217. The highest BCUT2D eigenvalue weighted by Crippen LogP contribution is 2.31. The highest BCUT2D eigenvalue weighted by Gasteiger charge is 2.16. The van der Waals surface area contributed by atoms with Gasteiger partial charge >= 0.3 is 6.61 Å². The van der Waals surface area contributed by atoms with Gasteiger partial charge in [-0.25, -0.2) is 0 Å². The molecule has 0 radical (unpaired) electrons. The zero-order valence-corrected chi connectivity index (χ0v) is 14.4. The summed E-state index contributed by atoms with van der Waals surface area (Å²) in [7, 11) is 0. The number of hydrogen-bond acceptors (Lipinski definition) is 4. The first kappa shape index (κ1) is 18.2. The normalized spacial score (nSPS) is 13.6. The van der Waals surface area contributed by atoms with Crippen LogP contribution in [-0.2, 0) is 11.3 Å². The summed E-state index contributed by atoms with van der Waals surface area (Å²) in [5, 5.41) is 5.46. The molecule has 0 aliphatic carbocycles. The maximum absolute atomic E-state index is 12.4. The Kier molecular flexibility index (Phi) is 5.72. The van der Waals surface area contributed by atoms with Crippen LogP contribution in [0.3, 0.4) is 0 Å². The number of carbonyl (C=O) groups excluding carboxylic acids is 2. The molecule has 0 saturated heterocycles. The van der Waals surface area contributed by atoms with E-state index in [0.717, 1.165) is 4.90 Å². The highest BCUT2D eigenvalue weighted by atomic mass is 32.2. The Morgan fingerprint density at radius 2 is 2.08 bits per heavy atom. The van der Waals surface area contributed by atoms with Gasteiger partial charge < -0.3 is 15.4 Å². The van der Waals surface area contributed by atoms with E-state index in [1.54, 1.807) is 48.2 Å². The van der Waals surface area contributed by atoms with Crippen LogP contribution in [0.25, 0.3) is 0 Å². The molecular formula is C18H16F2N2O3S. The largest absolute Gasteiger partial charge is 0.434 e. The predicted molar refractivity (Wildman–Crippen MR) is 94.7 cm³/mol. The zero-order chi connectivity index (χ0) is 18.5. The Labute approximate surface area is 153 Å². The lowest BCUT2D eigenvalue weighted by atomic mass is 10.1. The van der Waals surface area contributed by atoms with E-state index in [9.17, 15) is 18.4 Å². The summed E-state index contributed by atoms with van der Waals surface area (Å²) < 4.78 is 29.3. The molecule has 2 amide bonds. The highest BCUT2D eigenvalue weighted by molar-refractivity contribution is 7.99. The van der Waals surface area contributed by atoms with Crippen molar-refractivity contribution >= 4 is 29.3 Å². The van der Waals surface area contributed by atoms with Crippen molar-refractivity contribution in [3.63, 3.8) is 0 Å². The molecule has 0 aromatic heterocycles. The fourth-order valence-electron chi connectivity index (χ4n) is 2.50. The minimum atomic E-state index is -2.93. The number of anilines is 1. The van der Waals surface area contributed by atoms with E-state index in [1.165, 1.54) is 6.07 Å². The van der Waals surface area contributed by atoms with Crippen molar-refractivity contribution < 1.29 is 23.1 Å². The number of alkyl halides is 2. The Morgan fingerprint density at radius 3 is 2.88 bits per heavy atom. The molecule has 1 aliphatic rings. The predicted octanol–water partition coefficient (Wildman–Crippen LogP) is 3.65. The standard InChI is InChI=1S/C18H16F2N2O3S/c19-18(20)25-14-4-2-1-3-12(14)10-21-17(24)11-5-6-15-13(9-11)22-16(23)7-8-26-15/h1-6,9,18H,7-8,10H2,(H,21,24)(H,22,23). The van der Waals surface area contributed by atoms with Gasteiger partial charge in [0.15, 0.2) is 0 Å². The van der Waals surface area contributed by atoms with Crippen LogP contribution < -0.4 is 15.4 Å². The second-order valence-electron chi connectivity index (χ2n) is 5.53. The molecule has 0 unspecified atom stereocenters. The monoisotopic (exact) mass is 378 g/mol. The number of fused-ring (bicyclic) bond motifs is 1. The quantitative estimate of drug-likeness (QED) is 0.833. The number of para-hydroxylation sites is 1. The molecule has 1 heterocycles. The topological polar surface area (TPSA) is 67.4 Å². The molecule has 0 spiro atoms. The number of benzene rings is 2. The van der Waals surface area contributed by atoms with E-state index in [0.29, 0.717) is 29.0 Å². The van der Waals surface area contributed by atoms with Crippen LogP contribution in [-0.4, -0.2) is 24.2 Å². The third-order valence-corrected chi connectivity index (χ3v) is 4.81. The van der Waals surface area contributed by atoms with Gasteiger partial charge in [-0.15, -0.1) is 11.8 Å². The summed E-state index contributed by atoms with van der Waals surface area (Å²) in [5.74, 6) is 0.245. The summed E-state index contributed by atoms with van der Waals surface area (Å²) >= 11 is 1.55. The molecule has 26 heavy (non-hydrogen) atoms. The molecule has 2 N–H and O–H groups in total. The first-order chi connectivity index (χ1) is 12.5. The molecule has 0 bridgehead atoms. The van der Waals surface area contributed by atoms with Gasteiger partial charge in [0.1, 0.15) is 5.75 Å². The molecular weight excluding hydrogens is 362 g/mol. The molecule has 8 heteroatoms. The first-order valence-electron chi connectivity index (χ1n) is 7.90. The minimum Gasteiger partial charge on any atom is -0.434 e. The molecule has 2 aromatic carbocycles. The Morgan fingerprint density at radius 1 is 1.27 bits per heavy atom. The zero-order valence-electron chi connectivity index (χ0n) is 13.6. The number of thioether (sulfide) groups is 1. The van der Waals surface area contributed by atoms with Gasteiger partial charge in [-0.2, -0.15) is 8.78 Å². The molecule has 5 nitrogen and oxygen atoms in total. The smallest absolute Gasteiger partial charge is 0.387 e. The maximum Gasteiger partial charge on any atom is 0.387 e. The summed E-state index contributed by atoms with van der Waals surface area (Å²) in [6.45, 7) is -2.89. The molecule has 136 valence electrons. The summed E-state index contributed by atoms with van der Waals surface area (Å²) in [4.78, 5) is 25.0. The van der Waals surface area contributed by atoms with Gasteiger partial charge in [0, 0.05) is 34.7 Å². The molecule has 0 atom stereocenters. The van der Waals surface area contributed by atoms with E-state index in [-0.39, 0.29) is 24.1 Å². The number of rotatable bonds is 5. The van der Waals surface area contributed by atoms with Crippen molar-refractivity contribution in [3.05, 3.63) is 53.6 Å². The number of nitrogens with one attached hydrogen (secondary N) is 2.